The average Bonchev–Trinajstić information content (AvgIpc) is 1.84. The highest BCUT2D eigenvalue weighted by molar-refractivity contribution is 7.85. The van der Waals surface area contributed by atoms with E-state index in [1.165, 1.54) is 0 Å². The number of hydrazine groups is 1. The summed E-state index contributed by atoms with van der Waals surface area (Å²) in [6.45, 7) is 0. The number of nitrogens with one attached hydrogen (secondary N) is 2. The molecule has 0 fully saturated rings. The van der Waals surface area contributed by atoms with E-state index in [9.17, 15) is 13.2 Å². The third kappa shape index (κ3) is 6.62. The Morgan fingerprint density at radius 3 is 2.33 bits per heavy atom. The van der Waals surface area contributed by atoms with Crippen LogP contribution >= 0.6 is 23.2 Å². The van der Waals surface area contributed by atoms with Crippen molar-refractivity contribution < 1.29 is 17.8 Å². The maximum atomic E-state index is 10.5. The van der Waals surface area contributed by atoms with Gasteiger partial charge in [-0.15, -0.1) is 0 Å². The van der Waals surface area contributed by atoms with Crippen molar-refractivity contribution in [3.63, 3.8) is 0 Å². The van der Waals surface area contributed by atoms with Crippen LogP contribution in [-0.4, -0.2) is 29.6 Å². The average molecular weight is 237 g/mol. The SMILES string of the molecule is O=C(NNCS(=O)(=O)O)C(Cl)Cl. The van der Waals surface area contributed by atoms with Crippen molar-refractivity contribution in [2.24, 2.45) is 0 Å². The molecule has 0 aromatic carbocycles. The van der Waals surface area contributed by atoms with Crippen LogP contribution < -0.4 is 10.9 Å². The van der Waals surface area contributed by atoms with Crippen LogP contribution in [-0.2, 0) is 14.9 Å². The van der Waals surface area contributed by atoms with Crippen molar-refractivity contribution in [3.05, 3.63) is 0 Å². The van der Waals surface area contributed by atoms with E-state index in [2.05, 4.69) is 0 Å². The Kier molecular flexibility index (Phi) is 4.80. The summed E-state index contributed by atoms with van der Waals surface area (Å²) in [4.78, 5) is 9.22. The minimum Gasteiger partial charge on any atom is -0.288 e. The predicted molar refractivity (Wildman–Crippen MR) is 43.2 cm³/mol. The van der Waals surface area contributed by atoms with Crippen molar-refractivity contribution in [1.29, 1.82) is 0 Å². The van der Waals surface area contributed by atoms with Crippen molar-refractivity contribution >= 4 is 39.2 Å². The zero-order valence-electron chi connectivity index (χ0n) is 5.62. The Balaban J connectivity index is 3.66. The molecule has 6 nitrogen and oxygen atoms in total. The van der Waals surface area contributed by atoms with Gasteiger partial charge in [0, 0.05) is 0 Å². The molecule has 0 aromatic heterocycles. The van der Waals surface area contributed by atoms with Crippen LogP contribution in [0.5, 0.6) is 0 Å². The first-order valence-electron chi connectivity index (χ1n) is 2.59. The van der Waals surface area contributed by atoms with Gasteiger partial charge in [-0.05, 0) is 0 Å². The van der Waals surface area contributed by atoms with Crippen LogP contribution in [0.4, 0.5) is 0 Å². The second kappa shape index (κ2) is 4.83. The van der Waals surface area contributed by atoms with Gasteiger partial charge in [0.15, 0.2) is 4.84 Å². The number of carbonyl (C=O) groups is 1. The highest BCUT2D eigenvalue weighted by atomic mass is 35.5. The lowest BCUT2D eigenvalue weighted by Gasteiger charge is -2.04. The molecule has 0 aromatic rings. The van der Waals surface area contributed by atoms with Gasteiger partial charge in [0.25, 0.3) is 16.0 Å². The first kappa shape index (κ1) is 11.9. The Morgan fingerprint density at radius 1 is 1.50 bits per heavy atom. The molecule has 0 aliphatic carbocycles. The molecule has 0 heterocycles. The molecule has 9 heteroatoms. The van der Waals surface area contributed by atoms with Gasteiger partial charge in [0.2, 0.25) is 0 Å². The zero-order valence-corrected chi connectivity index (χ0v) is 7.95. The number of rotatable bonds is 4. The fourth-order valence-electron chi connectivity index (χ4n) is 0.269. The van der Waals surface area contributed by atoms with Crippen LogP contribution in [0.15, 0.2) is 0 Å². The highest BCUT2D eigenvalue weighted by Gasteiger charge is 2.11. The number of hydrogen-bond acceptors (Lipinski definition) is 4. The monoisotopic (exact) mass is 236 g/mol. The van der Waals surface area contributed by atoms with Gasteiger partial charge in [-0.3, -0.25) is 14.8 Å². The molecule has 0 rings (SSSR count). The Hall–Kier alpha value is -0.0800. The van der Waals surface area contributed by atoms with Crippen molar-refractivity contribution in [2.75, 3.05) is 5.88 Å². The maximum Gasteiger partial charge on any atom is 0.279 e. The Bertz CT molecular complexity index is 251. The van der Waals surface area contributed by atoms with E-state index in [0.717, 1.165) is 0 Å². The number of carbonyl (C=O) groups excluding carboxylic acids is 1. The van der Waals surface area contributed by atoms with E-state index >= 15 is 0 Å². The Labute approximate surface area is 78.9 Å². The van der Waals surface area contributed by atoms with E-state index < -0.39 is 26.7 Å². The molecule has 0 atom stereocenters. The molecule has 0 bridgehead atoms. The van der Waals surface area contributed by atoms with Gasteiger partial charge in [0.1, 0.15) is 5.88 Å². The van der Waals surface area contributed by atoms with Crippen LogP contribution in [0.2, 0.25) is 0 Å². The Morgan fingerprint density at radius 2 is 2.00 bits per heavy atom. The van der Waals surface area contributed by atoms with Gasteiger partial charge >= 0.3 is 0 Å². The summed E-state index contributed by atoms with van der Waals surface area (Å²) in [7, 11) is -4.16. The quantitative estimate of drug-likeness (QED) is 0.340. The molecule has 0 radical (unpaired) electrons. The van der Waals surface area contributed by atoms with Crippen LogP contribution in [0.1, 0.15) is 0 Å². The lowest BCUT2D eigenvalue weighted by atomic mass is 10.7. The van der Waals surface area contributed by atoms with Gasteiger partial charge in [-0.25, -0.2) is 5.43 Å². The lowest BCUT2D eigenvalue weighted by molar-refractivity contribution is -0.120. The summed E-state index contributed by atoms with van der Waals surface area (Å²) in [5.74, 6) is -1.61. The molecule has 0 saturated heterocycles. The largest absolute Gasteiger partial charge is 0.288 e. The third-order valence-corrected chi connectivity index (χ3v) is 1.57. The lowest BCUT2D eigenvalue weighted by Crippen LogP contribution is -2.42. The summed E-state index contributed by atoms with van der Waals surface area (Å²) >= 11 is 10.2. The third-order valence-electron chi connectivity index (χ3n) is 0.664. The molecule has 0 aliphatic rings. The second-order valence-electron chi connectivity index (χ2n) is 1.69. The van der Waals surface area contributed by atoms with E-state index in [-0.39, 0.29) is 0 Å². The van der Waals surface area contributed by atoms with Crippen molar-refractivity contribution in [3.8, 4) is 0 Å². The molecule has 1 amide bonds. The first-order chi connectivity index (χ1) is 5.33. The zero-order chi connectivity index (χ0) is 9.78. The standard InChI is InChI=1S/C3H6Cl2N2O4S/c4-2(5)3(8)7-6-1-12(9,10)11/h2,6H,1H2,(H,7,8)(H,9,10,11). The number of halogens is 2. The van der Waals surface area contributed by atoms with E-state index in [1.807, 2.05) is 10.9 Å². The van der Waals surface area contributed by atoms with Gasteiger partial charge < -0.3 is 0 Å². The topological polar surface area (TPSA) is 95.5 Å². The van der Waals surface area contributed by atoms with Crippen LogP contribution in [0, 0.1) is 0 Å². The number of amides is 1. The van der Waals surface area contributed by atoms with E-state index in [1.54, 1.807) is 0 Å². The molecule has 0 saturated carbocycles. The van der Waals surface area contributed by atoms with Crippen molar-refractivity contribution in [2.45, 2.75) is 4.84 Å². The number of alkyl halides is 2. The predicted octanol–water partition coefficient (Wildman–Crippen LogP) is -0.744. The fraction of sp³-hybridized carbons (Fsp3) is 0.667. The smallest absolute Gasteiger partial charge is 0.279 e. The molecule has 72 valence electrons. The maximum absolute atomic E-state index is 10.5. The minimum atomic E-state index is -4.16. The molecule has 12 heavy (non-hydrogen) atoms. The summed E-state index contributed by atoms with van der Waals surface area (Å²) < 4.78 is 28.3. The molecule has 0 aliphatic heterocycles. The number of hydrogen-bond donors (Lipinski definition) is 3. The summed E-state index contributed by atoms with van der Waals surface area (Å²) in [5, 5.41) is 0. The van der Waals surface area contributed by atoms with E-state index in [4.69, 9.17) is 27.8 Å². The minimum absolute atomic E-state index is 0.804. The van der Waals surface area contributed by atoms with Gasteiger partial charge in [-0.1, -0.05) is 23.2 Å². The van der Waals surface area contributed by atoms with Crippen LogP contribution in [0.3, 0.4) is 0 Å². The molecular formula is C3H6Cl2N2O4S. The van der Waals surface area contributed by atoms with E-state index in [0.29, 0.717) is 0 Å². The molecule has 0 spiro atoms. The van der Waals surface area contributed by atoms with Crippen LogP contribution in [0.25, 0.3) is 0 Å². The summed E-state index contributed by atoms with van der Waals surface area (Å²) in [6, 6.07) is 0. The normalized spacial score (nSPS) is 11.7. The highest BCUT2D eigenvalue weighted by Crippen LogP contribution is 1.99. The molecular weight excluding hydrogens is 231 g/mol. The summed E-state index contributed by atoms with van der Waals surface area (Å²) in [5.41, 5.74) is 3.75. The van der Waals surface area contributed by atoms with Gasteiger partial charge in [0.05, 0.1) is 0 Å². The fourth-order valence-corrected chi connectivity index (χ4v) is 0.633. The second-order valence-corrected chi connectivity index (χ2v) is 4.24. The molecule has 0 unspecified atom stereocenters. The van der Waals surface area contributed by atoms with Gasteiger partial charge in [-0.2, -0.15) is 8.42 Å². The molecule has 3 N–H and O–H groups in total. The first-order valence-corrected chi connectivity index (χ1v) is 5.07. The summed E-state index contributed by atoms with van der Waals surface area (Å²) in [6.07, 6.45) is 0. The van der Waals surface area contributed by atoms with Crippen molar-refractivity contribution in [1.82, 2.24) is 10.9 Å².